The third kappa shape index (κ3) is 4.60. The highest BCUT2D eigenvalue weighted by Crippen LogP contribution is 2.32. The number of carbonyl (C=O) groups is 2. The van der Waals surface area contributed by atoms with Gasteiger partial charge in [0, 0.05) is 12.0 Å². The first-order valence-corrected chi connectivity index (χ1v) is 9.75. The van der Waals surface area contributed by atoms with Crippen LogP contribution in [0.25, 0.3) is 0 Å². The Kier molecular flexibility index (Phi) is 7.04. The second-order valence-corrected chi connectivity index (χ2v) is 7.51. The lowest BCUT2D eigenvalue weighted by atomic mass is 9.78. The zero-order valence-corrected chi connectivity index (χ0v) is 16.5. The molecule has 0 spiro atoms. The molecule has 9 nitrogen and oxygen atoms in total. The third-order valence-electron chi connectivity index (χ3n) is 5.46. The highest BCUT2D eigenvalue weighted by atomic mass is 16.5. The molecule has 1 fully saturated rings. The molecule has 1 aliphatic heterocycles. The lowest BCUT2D eigenvalue weighted by molar-refractivity contribution is -0.247. The minimum absolute atomic E-state index is 0.186. The molecular weight excluding hydrogens is 406 g/mol. The Balaban J connectivity index is 2.07. The topological polar surface area (TPSA) is 157 Å². The molecule has 9 heteroatoms. The van der Waals surface area contributed by atoms with Crippen molar-refractivity contribution in [3.8, 4) is 0 Å². The van der Waals surface area contributed by atoms with E-state index in [1.165, 1.54) is 12.1 Å². The SMILES string of the molecule is O=C(N[C@](Cc1ccccc1)(C(=O)O)[C@H]1O[C@H](CO)[C@@H](O)[C@H](O)[C@@H]1O)c1ccccc1. The summed E-state index contributed by atoms with van der Waals surface area (Å²) in [5.74, 6) is -2.24. The van der Waals surface area contributed by atoms with Crippen molar-refractivity contribution in [2.24, 2.45) is 0 Å². The molecule has 0 aromatic heterocycles. The van der Waals surface area contributed by atoms with Gasteiger partial charge in [0.25, 0.3) is 5.91 Å². The van der Waals surface area contributed by atoms with Gasteiger partial charge in [-0.25, -0.2) is 4.79 Å². The van der Waals surface area contributed by atoms with Crippen LogP contribution in [0.2, 0.25) is 0 Å². The van der Waals surface area contributed by atoms with E-state index >= 15 is 0 Å². The molecule has 2 aromatic carbocycles. The summed E-state index contributed by atoms with van der Waals surface area (Å²) in [5, 5.41) is 53.2. The Hall–Kier alpha value is -2.82. The fourth-order valence-corrected chi connectivity index (χ4v) is 3.76. The van der Waals surface area contributed by atoms with Gasteiger partial charge in [-0.2, -0.15) is 0 Å². The monoisotopic (exact) mass is 431 g/mol. The molecule has 1 saturated heterocycles. The Morgan fingerprint density at radius 3 is 2.03 bits per heavy atom. The maximum absolute atomic E-state index is 12.9. The molecule has 166 valence electrons. The number of nitrogens with one attached hydrogen (secondary N) is 1. The number of benzene rings is 2. The minimum atomic E-state index is -2.22. The average Bonchev–Trinajstić information content (AvgIpc) is 2.78. The molecule has 0 radical (unpaired) electrons. The first-order valence-electron chi connectivity index (χ1n) is 9.75. The number of amides is 1. The van der Waals surface area contributed by atoms with Crippen molar-refractivity contribution in [3.63, 3.8) is 0 Å². The van der Waals surface area contributed by atoms with Crippen LogP contribution in [0.15, 0.2) is 60.7 Å². The van der Waals surface area contributed by atoms with E-state index in [2.05, 4.69) is 5.32 Å². The number of ether oxygens (including phenoxy) is 1. The maximum Gasteiger partial charge on any atom is 0.332 e. The smallest absolute Gasteiger partial charge is 0.332 e. The zero-order chi connectivity index (χ0) is 22.6. The summed E-state index contributed by atoms with van der Waals surface area (Å²) in [4.78, 5) is 25.5. The van der Waals surface area contributed by atoms with Crippen molar-refractivity contribution < 1.29 is 39.9 Å². The van der Waals surface area contributed by atoms with Gasteiger partial charge in [0.2, 0.25) is 0 Å². The second kappa shape index (κ2) is 9.54. The van der Waals surface area contributed by atoms with E-state index in [1.54, 1.807) is 48.5 Å². The van der Waals surface area contributed by atoms with Crippen LogP contribution < -0.4 is 5.32 Å². The maximum atomic E-state index is 12.9. The molecule has 0 bridgehead atoms. The van der Waals surface area contributed by atoms with Gasteiger partial charge >= 0.3 is 5.97 Å². The summed E-state index contributed by atoms with van der Waals surface area (Å²) in [6.45, 7) is -0.727. The number of aliphatic hydroxyl groups is 4. The Morgan fingerprint density at radius 1 is 0.903 bits per heavy atom. The number of carboxylic acids is 1. The Labute approximate surface area is 178 Å². The van der Waals surface area contributed by atoms with E-state index in [-0.39, 0.29) is 12.0 Å². The van der Waals surface area contributed by atoms with Crippen molar-refractivity contribution in [3.05, 3.63) is 71.8 Å². The van der Waals surface area contributed by atoms with Gasteiger partial charge in [0.05, 0.1) is 6.61 Å². The van der Waals surface area contributed by atoms with E-state index in [9.17, 15) is 35.1 Å². The molecule has 1 amide bonds. The van der Waals surface area contributed by atoms with Crippen molar-refractivity contribution >= 4 is 11.9 Å². The van der Waals surface area contributed by atoms with Gasteiger partial charge in [0.1, 0.15) is 30.5 Å². The molecule has 0 unspecified atom stereocenters. The summed E-state index contributed by atoms with van der Waals surface area (Å²) in [6.07, 6.45) is -8.60. The molecule has 6 N–H and O–H groups in total. The number of carbonyl (C=O) groups excluding carboxylic acids is 1. The number of aliphatic hydroxyl groups excluding tert-OH is 4. The predicted octanol–water partition coefficient (Wildman–Crippen LogP) is -0.675. The zero-order valence-electron chi connectivity index (χ0n) is 16.5. The Morgan fingerprint density at radius 2 is 1.48 bits per heavy atom. The fraction of sp³-hybridized carbons (Fsp3) is 0.364. The van der Waals surface area contributed by atoms with E-state index < -0.39 is 54.5 Å². The Bertz CT molecular complexity index is 891. The van der Waals surface area contributed by atoms with Crippen LogP contribution in [-0.2, 0) is 16.0 Å². The normalized spacial score (nSPS) is 27.8. The highest BCUT2D eigenvalue weighted by Gasteiger charge is 2.57. The summed E-state index contributed by atoms with van der Waals surface area (Å²) < 4.78 is 5.56. The molecule has 3 rings (SSSR count). The van der Waals surface area contributed by atoms with Crippen LogP contribution >= 0.6 is 0 Å². The van der Waals surface area contributed by atoms with Crippen molar-refractivity contribution in [1.29, 1.82) is 0 Å². The van der Waals surface area contributed by atoms with E-state index in [4.69, 9.17) is 4.74 Å². The van der Waals surface area contributed by atoms with Gasteiger partial charge < -0.3 is 35.6 Å². The van der Waals surface area contributed by atoms with Crippen molar-refractivity contribution in [2.45, 2.75) is 42.5 Å². The molecule has 6 atom stereocenters. The predicted molar refractivity (Wildman–Crippen MR) is 108 cm³/mol. The molecule has 0 aliphatic carbocycles. The molecule has 1 heterocycles. The summed E-state index contributed by atoms with van der Waals surface area (Å²) in [6, 6.07) is 16.3. The molecule has 0 saturated carbocycles. The van der Waals surface area contributed by atoms with E-state index in [0.717, 1.165) is 0 Å². The van der Waals surface area contributed by atoms with Gasteiger partial charge in [-0.1, -0.05) is 48.5 Å². The molecule has 2 aromatic rings. The number of hydrogen-bond acceptors (Lipinski definition) is 7. The van der Waals surface area contributed by atoms with Gasteiger partial charge in [0.15, 0.2) is 5.54 Å². The summed E-state index contributed by atoms with van der Waals surface area (Å²) in [7, 11) is 0. The minimum Gasteiger partial charge on any atom is -0.479 e. The van der Waals surface area contributed by atoms with Gasteiger partial charge in [-0.3, -0.25) is 4.79 Å². The third-order valence-corrected chi connectivity index (χ3v) is 5.46. The van der Waals surface area contributed by atoms with E-state index in [1.807, 2.05) is 0 Å². The van der Waals surface area contributed by atoms with Crippen LogP contribution in [0.5, 0.6) is 0 Å². The quantitative estimate of drug-likeness (QED) is 0.337. The van der Waals surface area contributed by atoms with Gasteiger partial charge in [-0.15, -0.1) is 0 Å². The average molecular weight is 431 g/mol. The van der Waals surface area contributed by atoms with Crippen LogP contribution in [0.3, 0.4) is 0 Å². The highest BCUT2D eigenvalue weighted by molar-refractivity contribution is 5.98. The number of rotatable bonds is 7. The standard InChI is InChI=1S/C22H25NO8/c24-12-15-16(25)17(26)18(27)19(31-15)22(21(29)30,11-13-7-3-1-4-8-13)23-20(28)14-9-5-2-6-10-14/h1-10,15-19,24-27H,11-12H2,(H,23,28)(H,29,30)/t15-,16-,17+,18+,19+,22+/m1/s1. The van der Waals surface area contributed by atoms with Crippen LogP contribution in [0, 0.1) is 0 Å². The van der Waals surface area contributed by atoms with Crippen LogP contribution in [0.4, 0.5) is 0 Å². The fourth-order valence-electron chi connectivity index (χ4n) is 3.76. The first kappa shape index (κ1) is 22.9. The lowest BCUT2D eigenvalue weighted by Crippen LogP contribution is -2.73. The molecule has 1 aliphatic rings. The van der Waals surface area contributed by atoms with E-state index in [0.29, 0.717) is 5.56 Å². The number of aliphatic carboxylic acids is 1. The van der Waals surface area contributed by atoms with Gasteiger partial charge in [-0.05, 0) is 17.7 Å². The molecular formula is C22H25NO8. The summed E-state index contributed by atoms with van der Waals surface area (Å²) in [5.41, 5.74) is -1.51. The van der Waals surface area contributed by atoms with Crippen LogP contribution in [0.1, 0.15) is 15.9 Å². The number of carboxylic acid groups (broad SMARTS) is 1. The first-order chi connectivity index (χ1) is 14.8. The molecule has 31 heavy (non-hydrogen) atoms. The second-order valence-electron chi connectivity index (χ2n) is 7.51. The number of hydrogen-bond donors (Lipinski definition) is 6. The van der Waals surface area contributed by atoms with Crippen LogP contribution in [-0.4, -0.2) is 80.1 Å². The van der Waals surface area contributed by atoms with Crippen molar-refractivity contribution in [2.75, 3.05) is 6.61 Å². The van der Waals surface area contributed by atoms with Crippen molar-refractivity contribution in [1.82, 2.24) is 5.32 Å². The lowest BCUT2D eigenvalue weighted by Gasteiger charge is -2.47. The largest absolute Gasteiger partial charge is 0.479 e. The summed E-state index contributed by atoms with van der Waals surface area (Å²) >= 11 is 0.